The van der Waals surface area contributed by atoms with Crippen molar-refractivity contribution in [2.45, 2.75) is 232 Å². The molecule has 84 heavy (non-hydrogen) atoms. The third-order valence-corrected chi connectivity index (χ3v) is 40.7. The van der Waals surface area contributed by atoms with Gasteiger partial charge in [-0.3, -0.25) is 0 Å². The molecule has 6 aliphatic carbocycles. The first-order chi connectivity index (χ1) is 39.9. The monoisotopic (exact) mass is 1220 g/mol. The van der Waals surface area contributed by atoms with Crippen molar-refractivity contribution in [3.05, 3.63) is 138 Å². The first-order valence-electron chi connectivity index (χ1n) is 32.5. The normalized spacial score (nSPS) is 24.6. The molecule has 0 heterocycles. The summed E-state index contributed by atoms with van der Waals surface area (Å²) >= 11 is 23.5. The van der Waals surface area contributed by atoms with E-state index in [1.165, 1.54) is 0 Å². The second-order valence-electron chi connectivity index (χ2n) is 28.0. The molecule has 6 bridgehead atoms. The molecule has 0 N–H and O–H groups in total. The minimum Gasteiger partial charge on any atom is -0.125 e. The van der Waals surface area contributed by atoms with Gasteiger partial charge in [0.1, 0.15) is 24.2 Å². The maximum absolute atomic E-state index is 7.85. The van der Waals surface area contributed by atoms with Crippen LogP contribution in [0.5, 0.6) is 0 Å². The van der Waals surface area contributed by atoms with Crippen molar-refractivity contribution in [2.75, 3.05) is 0 Å². The molecule has 0 spiro atoms. The molecule has 0 nitrogen and oxygen atoms in total. The van der Waals surface area contributed by atoms with Gasteiger partial charge in [-0.1, -0.05) is 305 Å². The lowest BCUT2D eigenvalue weighted by Crippen LogP contribution is -2.43. The SMILES string of the molecule is CC(C)[Si](C#CC1=C(C#Cc2c(Cl)c(C#CC3=C(C#C[Si](C(C)C)(C(C)C)C(C)C)[C@H]4/C=C\C=C/[C@@H]3CCC4)c(Cl)c(C#CC3=C(C#C[Si](C(C)C)(C(C)C)C(C)C)[C@H]4/C=C\C=C/[C@@H]3CCC4)c2Cl)[C@@H]2/C=C\C=C/[C@H]1CCC2)(C(C)C)C(C)C. The Balaban J connectivity index is 1.59. The summed E-state index contributed by atoms with van der Waals surface area (Å²) in [7, 11) is -6.29. The fourth-order valence-corrected chi connectivity index (χ4v) is 32.9. The van der Waals surface area contributed by atoms with Gasteiger partial charge in [0.05, 0.1) is 31.8 Å². The van der Waals surface area contributed by atoms with Crippen LogP contribution in [0.2, 0.25) is 64.9 Å². The molecule has 0 radical (unpaired) electrons. The average Bonchev–Trinajstić information content (AvgIpc) is 2.39. The lowest BCUT2D eigenvalue weighted by molar-refractivity contribution is 0.600. The summed E-state index contributed by atoms with van der Waals surface area (Å²) in [5, 5.41) is 1.04. The van der Waals surface area contributed by atoms with Crippen LogP contribution < -0.4 is 0 Å². The van der Waals surface area contributed by atoms with Crippen LogP contribution >= 0.6 is 34.8 Å². The molecule has 1 aromatic carbocycles. The van der Waals surface area contributed by atoms with Gasteiger partial charge in [-0.15, -0.1) is 16.6 Å². The number of rotatable bonds is 9. The predicted octanol–water partition coefficient (Wildman–Crippen LogP) is 22.9. The van der Waals surface area contributed by atoms with Gasteiger partial charge in [0.15, 0.2) is 0 Å². The van der Waals surface area contributed by atoms with Crippen molar-refractivity contribution in [2.24, 2.45) is 35.5 Å². The summed E-state index contributed by atoms with van der Waals surface area (Å²) in [6.07, 6.45) is 36.5. The number of hydrogen-bond acceptors (Lipinski definition) is 0. The highest BCUT2D eigenvalue weighted by atomic mass is 35.5. The Labute approximate surface area is 531 Å². The maximum atomic E-state index is 7.85. The van der Waals surface area contributed by atoms with Gasteiger partial charge in [-0.2, -0.15) is 0 Å². The van der Waals surface area contributed by atoms with Crippen molar-refractivity contribution in [3.63, 3.8) is 0 Å². The lowest BCUT2D eigenvalue weighted by Gasteiger charge is -2.38. The third-order valence-electron chi connectivity index (χ3n) is 20.7. The Bertz CT molecular complexity index is 2890. The van der Waals surface area contributed by atoms with Crippen LogP contribution in [-0.4, -0.2) is 24.2 Å². The molecular formula is C78H99Cl3Si3. The van der Waals surface area contributed by atoms with Gasteiger partial charge >= 0.3 is 0 Å². The molecule has 0 fully saturated rings. The summed E-state index contributed by atoms with van der Waals surface area (Å²) in [5.74, 6) is 35.1. The quantitative estimate of drug-likeness (QED) is 0.171. The Kier molecular flexibility index (Phi) is 23.4. The zero-order valence-electron chi connectivity index (χ0n) is 54.6. The fraction of sp³-hybridized carbons (Fsp3) is 0.538. The van der Waals surface area contributed by atoms with Gasteiger partial charge in [0.2, 0.25) is 0 Å². The molecule has 0 amide bonds. The first kappa shape index (κ1) is 67.3. The van der Waals surface area contributed by atoms with Crippen molar-refractivity contribution in [1.29, 1.82) is 0 Å². The second-order valence-corrected chi connectivity index (χ2v) is 45.9. The topological polar surface area (TPSA) is 0 Å². The minimum atomic E-state index is -2.10. The number of halogens is 3. The van der Waals surface area contributed by atoms with Gasteiger partial charge in [0.25, 0.3) is 0 Å². The van der Waals surface area contributed by atoms with Crippen molar-refractivity contribution in [3.8, 4) is 69.9 Å². The fourth-order valence-electron chi connectivity index (χ4n) is 16.3. The largest absolute Gasteiger partial charge is 0.146 e. The molecule has 1 aromatic rings. The van der Waals surface area contributed by atoms with Crippen molar-refractivity contribution >= 4 is 59.0 Å². The molecule has 6 heteroatoms. The van der Waals surface area contributed by atoms with E-state index in [9.17, 15) is 0 Å². The van der Waals surface area contributed by atoms with Crippen LogP contribution in [0.3, 0.4) is 0 Å². The number of fused-ring (bicyclic) bond motifs is 6. The minimum absolute atomic E-state index is 0.0978. The zero-order chi connectivity index (χ0) is 61.4. The molecule has 0 saturated carbocycles. The third kappa shape index (κ3) is 13.9. The van der Waals surface area contributed by atoms with E-state index in [1.807, 2.05) is 0 Å². The average molecular weight is 1230 g/mol. The van der Waals surface area contributed by atoms with E-state index in [0.717, 1.165) is 91.2 Å². The highest BCUT2D eigenvalue weighted by molar-refractivity contribution is 6.91. The lowest BCUT2D eigenvalue weighted by atomic mass is 9.87. The van der Waals surface area contributed by atoms with Crippen molar-refractivity contribution in [1.82, 2.24) is 0 Å². The molecular weight excluding hydrogens is 1130 g/mol. The molecule has 0 unspecified atom stereocenters. The number of benzene rings is 1. The summed E-state index contributed by atoms with van der Waals surface area (Å²) < 4.78 is 0. The van der Waals surface area contributed by atoms with E-state index >= 15 is 0 Å². The van der Waals surface area contributed by atoms with Gasteiger partial charge < -0.3 is 0 Å². The highest BCUT2D eigenvalue weighted by Crippen LogP contribution is 2.47. The molecule has 6 atom stereocenters. The van der Waals surface area contributed by atoms with E-state index in [0.29, 0.717) is 81.6 Å². The Morgan fingerprint density at radius 2 is 0.440 bits per heavy atom. The Morgan fingerprint density at radius 3 is 0.607 bits per heavy atom. The van der Waals surface area contributed by atoms with E-state index in [4.69, 9.17) is 34.8 Å². The van der Waals surface area contributed by atoms with E-state index in [-0.39, 0.29) is 35.5 Å². The van der Waals surface area contributed by atoms with Crippen LogP contribution in [0, 0.1) is 105 Å². The predicted molar refractivity (Wildman–Crippen MR) is 377 cm³/mol. The Morgan fingerprint density at radius 1 is 0.274 bits per heavy atom. The molecule has 444 valence electrons. The van der Waals surface area contributed by atoms with E-state index < -0.39 is 24.2 Å². The number of hydrogen-bond donors (Lipinski definition) is 0. The highest BCUT2D eigenvalue weighted by Gasteiger charge is 2.44. The van der Waals surface area contributed by atoms with Crippen LogP contribution in [0.25, 0.3) is 0 Å². The maximum Gasteiger partial charge on any atom is 0.146 e. The number of allylic oxidation sites excluding steroid dienone is 18. The molecule has 6 aliphatic rings. The molecule has 7 rings (SSSR count). The van der Waals surface area contributed by atoms with Crippen LogP contribution in [0.15, 0.2) is 106 Å². The zero-order valence-corrected chi connectivity index (χ0v) is 59.9. The molecule has 0 aromatic heterocycles. The van der Waals surface area contributed by atoms with E-state index in [2.05, 4.69) is 267 Å². The van der Waals surface area contributed by atoms with E-state index in [1.54, 1.807) is 0 Å². The van der Waals surface area contributed by atoms with Gasteiger partial charge in [-0.05, 0) is 88.4 Å². The molecule has 0 saturated heterocycles. The Hall–Kier alpha value is -4.24. The summed E-state index contributed by atoms with van der Waals surface area (Å²) in [4.78, 5) is 0. The summed E-state index contributed by atoms with van der Waals surface area (Å²) in [6.45, 7) is 43.0. The van der Waals surface area contributed by atoms with Gasteiger partial charge in [0, 0.05) is 68.9 Å². The van der Waals surface area contributed by atoms with Crippen LogP contribution in [0.4, 0.5) is 0 Å². The first-order valence-corrected chi connectivity index (χ1v) is 40.3. The van der Waals surface area contributed by atoms with Crippen LogP contribution in [-0.2, 0) is 0 Å². The van der Waals surface area contributed by atoms with Gasteiger partial charge in [-0.25, -0.2) is 0 Å². The molecule has 0 aliphatic heterocycles. The smallest absolute Gasteiger partial charge is 0.125 e. The van der Waals surface area contributed by atoms with Crippen LogP contribution in [0.1, 0.15) is 199 Å². The standard InChI is InChI=1S/C78H99Cl3Si3/c1-52(2)82(53(3)4,54(5)6)49-46-70-64-31-22-19-28-61(34-25-37-64)67(70)40-43-73-76(79)74(44-41-68-62-29-20-23-32-65(38-26-35-62)71(68)47-50-83(55(7)8,56(9)10)57(11)12)78(81)75(77(73)80)45-42-69-63-30-21-24-33-66(39-27-36-63)72(69)48-51-84(58(13)14,59(15)16)60(17)18/h19-24,28-33,52-66H,25-27,34-39H2,1-18H3/b28-19-,29-20-,30-21-,31-22-,32-23-,33-24-/t61-,62-,63-,64+,65+,66+/m1/s1. The van der Waals surface area contributed by atoms with Crippen molar-refractivity contribution < 1.29 is 0 Å². The summed E-state index contributed by atoms with van der Waals surface area (Å²) in [5.41, 5.74) is 24.9. The second kappa shape index (κ2) is 29.2. The summed E-state index contributed by atoms with van der Waals surface area (Å²) in [6, 6.07) is 0.